The van der Waals surface area contributed by atoms with Crippen LogP contribution in [0.2, 0.25) is 0 Å². The number of aromatic nitrogens is 2. The Morgan fingerprint density at radius 2 is 2.25 bits per heavy atom. The van der Waals surface area contributed by atoms with Crippen LogP contribution < -0.4 is 5.32 Å². The van der Waals surface area contributed by atoms with Crippen LogP contribution in [-0.2, 0) is 6.54 Å². The van der Waals surface area contributed by atoms with Crippen LogP contribution in [0.3, 0.4) is 0 Å². The first kappa shape index (κ1) is 14.8. The Hall–Kier alpha value is -1.62. The number of unbranched alkanes of at least 4 members (excludes halogenated alkanes) is 1. The minimum absolute atomic E-state index is 0.00793. The van der Waals surface area contributed by atoms with Gasteiger partial charge in [-0.3, -0.25) is 4.79 Å². The molecule has 4 nitrogen and oxygen atoms in total. The number of aryl methyl sites for hydroxylation is 1. The quantitative estimate of drug-likeness (QED) is 0.824. The van der Waals surface area contributed by atoms with Gasteiger partial charge in [0.1, 0.15) is 0 Å². The second-order valence-corrected chi connectivity index (χ2v) is 5.53. The van der Waals surface area contributed by atoms with Crippen LogP contribution in [-0.4, -0.2) is 22.0 Å². The molecule has 0 atom stereocenters. The lowest BCUT2D eigenvalue weighted by Crippen LogP contribution is -2.25. The van der Waals surface area contributed by atoms with Crippen LogP contribution in [0, 0.1) is 6.92 Å². The van der Waals surface area contributed by atoms with E-state index < -0.39 is 0 Å². The lowest BCUT2D eigenvalue weighted by atomic mass is 10.1. The minimum atomic E-state index is -0.00793. The molecule has 0 saturated heterocycles. The molecule has 2 rings (SSSR count). The molecule has 0 aliphatic carbocycles. The van der Waals surface area contributed by atoms with Crippen molar-refractivity contribution in [2.75, 3.05) is 6.54 Å². The number of halogens is 1. The Morgan fingerprint density at radius 3 is 3.00 bits per heavy atom. The molecule has 106 valence electrons. The van der Waals surface area contributed by atoms with Crippen molar-refractivity contribution in [3.05, 3.63) is 52.5 Å². The van der Waals surface area contributed by atoms with Crippen LogP contribution in [0.4, 0.5) is 0 Å². The molecular formula is C15H18BrN3O. The Bertz CT molecular complexity index is 567. The zero-order valence-corrected chi connectivity index (χ0v) is 13.1. The van der Waals surface area contributed by atoms with E-state index in [0.29, 0.717) is 6.54 Å². The molecule has 0 aliphatic heterocycles. The Labute approximate surface area is 127 Å². The van der Waals surface area contributed by atoms with Crippen molar-refractivity contribution in [3.8, 4) is 0 Å². The summed E-state index contributed by atoms with van der Waals surface area (Å²) in [5.41, 5.74) is 1.71. The van der Waals surface area contributed by atoms with Crippen molar-refractivity contribution in [3.63, 3.8) is 0 Å². The highest BCUT2D eigenvalue weighted by Gasteiger charge is 2.09. The number of carbonyl (C=O) groups is 1. The maximum Gasteiger partial charge on any atom is 0.251 e. The fourth-order valence-electron chi connectivity index (χ4n) is 1.99. The minimum Gasteiger partial charge on any atom is -0.352 e. The number of imidazole rings is 1. The van der Waals surface area contributed by atoms with Gasteiger partial charge in [0.2, 0.25) is 0 Å². The first-order valence-electron chi connectivity index (χ1n) is 6.67. The topological polar surface area (TPSA) is 46.9 Å². The smallest absolute Gasteiger partial charge is 0.251 e. The van der Waals surface area contributed by atoms with E-state index in [9.17, 15) is 4.79 Å². The first-order chi connectivity index (χ1) is 9.68. The van der Waals surface area contributed by atoms with Crippen molar-refractivity contribution in [1.82, 2.24) is 14.9 Å². The molecule has 1 aromatic carbocycles. The summed E-state index contributed by atoms with van der Waals surface area (Å²) in [4.78, 5) is 16.1. The Balaban J connectivity index is 1.74. The molecule has 0 unspecified atom stereocenters. The normalized spacial score (nSPS) is 10.5. The highest BCUT2D eigenvalue weighted by molar-refractivity contribution is 9.10. The fourth-order valence-corrected chi connectivity index (χ4v) is 2.36. The standard InChI is InChI=1S/C15H18BrN3O/c1-12-13(5-4-6-14(12)16)15(20)18-7-2-3-9-19-10-8-17-11-19/h4-6,8,10-11H,2-3,7,9H2,1H3,(H,18,20). The van der Waals surface area contributed by atoms with Gasteiger partial charge in [0.15, 0.2) is 0 Å². The summed E-state index contributed by atoms with van der Waals surface area (Å²) in [5, 5.41) is 2.96. The monoisotopic (exact) mass is 335 g/mol. The van der Waals surface area contributed by atoms with Crippen LogP contribution in [0.15, 0.2) is 41.4 Å². The molecule has 1 heterocycles. The average Bonchev–Trinajstić information content (AvgIpc) is 2.94. The highest BCUT2D eigenvalue weighted by Crippen LogP contribution is 2.19. The average molecular weight is 336 g/mol. The van der Waals surface area contributed by atoms with Crippen LogP contribution in [0.1, 0.15) is 28.8 Å². The van der Waals surface area contributed by atoms with E-state index in [-0.39, 0.29) is 5.91 Å². The number of hydrogen-bond donors (Lipinski definition) is 1. The van der Waals surface area contributed by atoms with E-state index in [0.717, 1.165) is 35.0 Å². The highest BCUT2D eigenvalue weighted by atomic mass is 79.9. The molecular weight excluding hydrogens is 318 g/mol. The van der Waals surface area contributed by atoms with Crippen LogP contribution in [0.25, 0.3) is 0 Å². The maximum absolute atomic E-state index is 12.1. The first-order valence-corrected chi connectivity index (χ1v) is 7.47. The lowest BCUT2D eigenvalue weighted by molar-refractivity contribution is 0.0952. The number of amides is 1. The molecule has 2 aromatic rings. The van der Waals surface area contributed by atoms with Crippen molar-refractivity contribution in [2.24, 2.45) is 0 Å². The molecule has 0 aliphatic rings. The number of carbonyl (C=O) groups excluding carboxylic acids is 1. The molecule has 1 amide bonds. The third-order valence-electron chi connectivity index (χ3n) is 3.20. The lowest BCUT2D eigenvalue weighted by Gasteiger charge is -2.09. The van der Waals surface area contributed by atoms with Gasteiger partial charge in [-0.15, -0.1) is 0 Å². The number of nitrogens with one attached hydrogen (secondary N) is 1. The van der Waals surface area contributed by atoms with Gasteiger partial charge in [-0.25, -0.2) is 4.98 Å². The molecule has 0 saturated carbocycles. The SMILES string of the molecule is Cc1c(Br)cccc1C(=O)NCCCCn1ccnc1. The van der Waals surface area contributed by atoms with E-state index in [1.54, 1.807) is 6.20 Å². The van der Waals surface area contributed by atoms with Crippen molar-refractivity contribution in [1.29, 1.82) is 0 Å². The molecule has 1 N–H and O–H groups in total. The third-order valence-corrected chi connectivity index (χ3v) is 4.06. The van der Waals surface area contributed by atoms with E-state index in [1.807, 2.05) is 42.2 Å². The van der Waals surface area contributed by atoms with E-state index in [1.165, 1.54) is 0 Å². The summed E-state index contributed by atoms with van der Waals surface area (Å²) in [5.74, 6) is -0.00793. The van der Waals surface area contributed by atoms with Crippen LogP contribution >= 0.6 is 15.9 Å². The molecule has 5 heteroatoms. The summed E-state index contributed by atoms with van der Waals surface area (Å²) in [6.45, 7) is 3.57. The van der Waals surface area contributed by atoms with Gasteiger partial charge in [0, 0.05) is 35.5 Å². The van der Waals surface area contributed by atoms with Gasteiger partial charge >= 0.3 is 0 Å². The zero-order chi connectivity index (χ0) is 14.4. The third kappa shape index (κ3) is 3.93. The zero-order valence-electron chi connectivity index (χ0n) is 11.5. The van der Waals surface area contributed by atoms with E-state index in [2.05, 4.69) is 26.2 Å². The largest absolute Gasteiger partial charge is 0.352 e. The van der Waals surface area contributed by atoms with Crippen molar-refractivity contribution >= 4 is 21.8 Å². The molecule has 0 spiro atoms. The second kappa shape index (κ2) is 7.24. The summed E-state index contributed by atoms with van der Waals surface area (Å²) in [7, 11) is 0. The summed E-state index contributed by atoms with van der Waals surface area (Å²) in [6.07, 6.45) is 7.51. The van der Waals surface area contributed by atoms with Crippen LogP contribution in [0.5, 0.6) is 0 Å². The van der Waals surface area contributed by atoms with Gasteiger partial charge in [-0.2, -0.15) is 0 Å². The predicted molar refractivity (Wildman–Crippen MR) is 82.7 cm³/mol. The van der Waals surface area contributed by atoms with Gasteiger partial charge in [0.05, 0.1) is 6.33 Å². The van der Waals surface area contributed by atoms with Gasteiger partial charge in [-0.05, 0) is 37.5 Å². The van der Waals surface area contributed by atoms with Gasteiger partial charge < -0.3 is 9.88 Å². The predicted octanol–water partition coefficient (Wildman–Crippen LogP) is 3.16. The van der Waals surface area contributed by atoms with Gasteiger partial charge in [-0.1, -0.05) is 22.0 Å². The van der Waals surface area contributed by atoms with Gasteiger partial charge in [0.25, 0.3) is 5.91 Å². The molecule has 0 fully saturated rings. The second-order valence-electron chi connectivity index (χ2n) is 4.68. The fraction of sp³-hybridized carbons (Fsp3) is 0.333. The van der Waals surface area contributed by atoms with E-state index in [4.69, 9.17) is 0 Å². The Morgan fingerprint density at radius 1 is 1.40 bits per heavy atom. The summed E-state index contributed by atoms with van der Waals surface area (Å²) in [6, 6.07) is 5.67. The summed E-state index contributed by atoms with van der Waals surface area (Å²) >= 11 is 3.44. The number of hydrogen-bond acceptors (Lipinski definition) is 2. The van der Waals surface area contributed by atoms with Crippen molar-refractivity contribution < 1.29 is 4.79 Å². The number of benzene rings is 1. The molecule has 0 radical (unpaired) electrons. The molecule has 1 aromatic heterocycles. The molecule has 0 bridgehead atoms. The van der Waals surface area contributed by atoms with E-state index >= 15 is 0 Å². The Kier molecular flexibility index (Phi) is 5.35. The number of nitrogens with zero attached hydrogens (tertiary/aromatic N) is 2. The summed E-state index contributed by atoms with van der Waals surface area (Å²) < 4.78 is 3.01. The van der Waals surface area contributed by atoms with Crippen molar-refractivity contribution in [2.45, 2.75) is 26.3 Å². The maximum atomic E-state index is 12.1. The number of rotatable bonds is 6. The molecule has 20 heavy (non-hydrogen) atoms.